The molecule has 3 atom stereocenters. The molecule has 1 aliphatic heterocycles. The van der Waals surface area contributed by atoms with E-state index in [0.29, 0.717) is 28.5 Å². The van der Waals surface area contributed by atoms with Gasteiger partial charge in [-0.1, -0.05) is 98.0 Å². The van der Waals surface area contributed by atoms with Gasteiger partial charge in [-0.3, -0.25) is 24.0 Å². The van der Waals surface area contributed by atoms with Crippen LogP contribution in [-0.4, -0.2) is 84.6 Å². The van der Waals surface area contributed by atoms with Gasteiger partial charge in [0, 0.05) is 51.7 Å². The molecule has 0 bridgehead atoms. The summed E-state index contributed by atoms with van der Waals surface area (Å²) < 4.78 is 21.9. The molecule has 0 aromatic heterocycles. The van der Waals surface area contributed by atoms with E-state index in [9.17, 15) is 44.1 Å². The van der Waals surface area contributed by atoms with Crippen molar-refractivity contribution in [2.75, 3.05) is 32.3 Å². The van der Waals surface area contributed by atoms with Crippen molar-refractivity contribution in [3.8, 4) is 17.2 Å². The maximum absolute atomic E-state index is 13.6. The molecule has 5 aromatic carbocycles. The third-order valence-corrected chi connectivity index (χ3v) is 13.8. The number of aromatic hydroxyl groups is 2. The van der Waals surface area contributed by atoms with Crippen molar-refractivity contribution in [3.63, 3.8) is 0 Å². The third kappa shape index (κ3) is 12.0. The molecule has 0 radical (unpaired) electrons. The van der Waals surface area contributed by atoms with E-state index in [1.54, 1.807) is 43.4 Å². The van der Waals surface area contributed by atoms with Crippen LogP contribution in [0.25, 0.3) is 0 Å². The first kappa shape index (κ1) is 52.6. The van der Waals surface area contributed by atoms with Crippen molar-refractivity contribution in [3.05, 3.63) is 152 Å². The average Bonchev–Trinajstić information content (AvgIpc) is 3.40. The highest BCUT2D eigenvalue weighted by Crippen LogP contribution is 2.52. The number of benzene rings is 5. The first-order valence-electron chi connectivity index (χ1n) is 22.6. The molecule has 1 saturated heterocycles. The van der Waals surface area contributed by atoms with Gasteiger partial charge in [0.2, 0.25) is 5.78 Å². The van der Waals surface area contributed by atoms with Crippen LogP contribution >= 0.6 is 23.5 Å². The number of rotatable bonds is 14. The van der Waals surface area contributed by atoms with Crippen LogP contribution < -0.4 is 15.4 Å². The molecule has 8 rings (SSSR count). The second-order valence-corrected chi connectivity index (χ2v) is 18.0. The summed E-state index contributed by atoms with van der Waals surface area (Å²) in [6.45, 7) is 3.87. The Morgan fingerprint density at radius 1 is 0.829 bits per heavy atom. The summed E-state index contributed by atoms with van der Waals surface area (Å²) in [4.78, 5) is 79.6. The molecule has 2 amide bonds. The number of methoxy groups -OCH3 is 1. The molecular weight excluding hydrogens is 937 g/mol. The van der Waals surface area contributed by atoms with Gasteiger partial charge in [-0.25, -0.2) is 4.79 Å². The molecular formula is C53H54N2O13S2. The van der Waals surface area contributed by atoms with Crippen LogP contribution in [0.5, 0.6) is 17.2 Å². The van der Waals surface area contributed by atoms with E-state index in [4.69, 9.17) is 24.7 Å². The molecule has 1 fully saturated rings. The van der Waals surface area contributed by atoms with Crippen LogP contribution in [0, 0.1) is 5.92 Å². The number of amides is 2. The van der Waals surface area contributed by atoms with Gasteiger partial charge < -0.3 is 44.9 Å². The SMILES string of the molecule is CC.CN(C(=O)/C(Sc1ccccc1)=C(\C=O)Sc1ccccc1)c1ccc(COC(N)=O)cc1.COc1cccc2c1C(=O)c1c(O)c3c(c(O)c1C2=O)CC(C(=O)CO)CC3OC1CCCCO1. The number of aldehydes is 1. The van der Waals surface area contributed by atoms with Crippen molar-refractivity contribution in [1.82, 2.24) is 0 Å². The summed E-state index contributed by atoms with van der Waals surface area (Å²) in [7, 11) is 3.03. The maximum Gasteiger partial charge on any atom is 0.404 e. The molecule has 15 nitrogen and oxygen atoms in total. The number of anilines is 1. The lowest BCUT2D eigenvalue weighted by Gasteiger charge is -2.36. The lowest BCUT2D eigenvalue weighted by Crippen LogP contribution is -2.33. The molecule has 2 aliphatic carbocycles. The first-order valence-corrected chi connectivity index (χ1v) is 24.2. The number of hydrogen-bond donors (Lipinski definition) is 4. The third-order valence-electron chi connectivity index (χ3n) is 11.6. The number of carbonyl (C=O) groups excluding carboxylic acids is 6. The summed E-state index contributed by atoms with van der Waals surface area (Å²) in [5, 5.41) is 32.1. The molecule has 3 aliphatic rings. The number of phenols is 2. The highest BCUT2D eigenvalue weighted by Gasteiger charge is 2.44. The highest BCUT2D eigenvalue weighted by molar-refractivity contribution is 8.08. The van der Waals surface area contributed by atoms with Gasteiger partial charge in [0.25, 0.3) is 5.91 Å². The smallest absolute Gasteiger partial charge is 0.404 e. The second-order valence-electron chi connectivity index (χ2n) is 15.8. The Bertz CT molecular complexity index is 2740. The van der Waals surface area contributed by atoms with Crippen LogP contribution in [0.15, 0.2) is 123 Å². The number of nitrogens with two attached hydrogens (primary N) is 1. The number of aliphatic hydroxyl groups excluding tert-OH is 1. The topological polar surface area (TPSA) is 229 Å². The first-order chi connectivity index (χ1) is 33.8. The number of likely N-dealkylation sites (N-methyl/N-ethyl adjacent to an activating group) is 1. The summed E-state index contributed by atoms with van der Waals surface area (Å²) in [6.07, 6.45) is 0.901. The lowest BCUT2D eigenvalue weighted by atomic mass is 9.73. The Balaban J connectivity index is 0.000000222. The van der Waals surface area contributed by atoms with Gasteiger partial charge in [-0.05, 0) is 80.1 Å². The number of carbonyl (C=O) groups is 6. The number of ether oxygens (including phenoxy) is 4. The Hall–Kier alpha value is -6.76. The van der Waals surface area contributed by atoms with E-state index < -0.39 is 59.9 Å². The van der Waals surface area contributed by atoms with Crippen molar-refractivity contribution in [1.29, 1.82) is 0 Å². The van der Waals surface area contributed by atoms with Gasteiger partial charge in [0.15, 0.2) is 24.1 Å². The average molecular weight is 991 g/mol. The normalized spacial score (nSPS) is 17.1. The Kier molecular flexibility index (Phi) is 18.6. The zero-order valence-corrected chi connectivity index (χ0v) is 40.7. The minimum absolute atomic E-state index is 0.0133. The molecule has 70 heavy (non-hydrogen) atoms. The van der Waals surface area contributed by atoms with Gasteiger partial charge in [0.1, 0.15) is 30.5 Å². The summed E-state index contributed by atoms with van der Waals surface area (Å²) in [5.41, 5.74) is 6.14. The lowest BCUT2D eigenvalue weighted by molar-refractivity contribution is -0.195. The molecule has 5 aromatic rings. The second kappa shape index (κ2) is 24.7. The summed E-state index contributed by atoms with van der Waals surface area (Å²) in [5.74, 6) is -3.48. The quantitative estimate of drug-likeness (QED) is 0.0346. The van der Waals surface area contributed by atoms with Crippen LogP contribution in [0.3, 0.4) is 0 Å². The molecule has 1 heterocycles. The standard InChI is InChI=1S/C26H26O9.C25H22N2O4S2.C2H6/c1-33-16-6-4-5-13-19(16)25(31)22-21(23(13)29)24(30)14-9-12(15(28)11-27)10-17(20(14)26(22)32)35-18-7-2-3-8-34-18;1-27(19-14-12-18(13-15-19)17-31-25(26)30)24(29)23(33-21-10-6-3-7-11-21)22(16-28)32-20-8-4-2-5-9-20;1-2/h4-6,12,17-18,27,30,32H,2-3,7-11H2,1H3;2-16H,17H2,1H3,(H2,26,30);1-2H3/b;23-22-;. The number of phenolic OH excluding ortho intramolecular Hbond substituents is 2. The van der Waals surface area contributed by atoms with Gasteiger partial charge in [-0.2, -0.15) is 0 Å². The fourth-order valence-electron chi connectivity index (χ4n) is 8.16. The van der Waals surface area contributed by atoms with E-state index in [1.165, 1.54) is 41.6 Å². The number of Topliss-reactive ketones (excluding diaryl/α,β-unsaturated/α-hetero) is 1. The summed E-state index contributed by atoms with van der Waals surface area (Å²) >= 11 is 2.50. The largest absolute Gasteiger partial charge is 0.507 e. The van der Waals surface area contributed by atoms with E-state index in [-0.39, 0.29) is 64.5 Å². The van der Waals surface area contributed by atoms with E-state index >= 15 is 0 Å². The van der Waals surface area contributed by atoms with Gasteiger partial charge >= 0.3 is 6.09 Å². The highest BCUT2D eigenvalue weighted by atomic mass is 32.2. The number of allylic oxidation sites excluding steroid dienone is 1. The minimum atomic E-state index is -0.888. The van der Waals surface area contributed by atoms with Crippen LogP contribution in [-0.2, 0) is 41.6 Å². The van der Waals surface area contributed by atoms with E-state index in [1.807, 2.05) is 74.5 Å². The Morgan fingerprint density at radius 3 is 2.06 bits per heavy atom. The number of hydrogen-bond acceptors (Lipinski definition) is 15. The van der Waals surface area contributed by atoms with Crippen molar-refractivity contribution in [2.24, 2.45) is 11.7 Å². The number of ketones is 3. The zero-order valence-electron chi connectivity index (χ0n) is 39.0. The Morgan fingerprint density at radius 2 is 1.47 bits per heavy atom. The predicted octanol–water partition coefficient (Wildman–Crippen LogP) is 8.86. The van der Waals surface area contributed by atoms with E-state index in [0.717, 1.165) is 34.5 Å². The van der Waals surface area contributed by atoms with Crippen molar-refractivity contribution in [2.45, 2.75) is 74.7 Å². The maximum atomic E-state index is 13.6. The number of nitrogens with zero attached hydrogens (tertiary/aromatic N) is 1. The molecule has 366 valence electrons. The number of thioether (sulfide) groups is 2. The molecule has 5 N–H and O–H groups in total. The minimum Gasteiger partial charge on any atom is -0.507 e. The van der Waals surface area contributed by atoms with Crippen molar-refractivity contribution >= 4 is 64.8 Å². The van der Waals surface area contributed by atoms with Gasteiger partial charge in [0.05, 0.1) is 39.7 Å². The fourth-order valence-corrected chi connectivity index (χ4v) is 10.1. The van der Waals surface area contributed by atoms with Gasteiger partial charge in [-0.15, -0.1) is 0 Å². The number of aliphatic hydroxyl groups is 1. The number of fused-ring (bicyclic) bond motifs is 3. The van der Waals surface area contributed by atoms with E-state index in [2.05, 4.69) is 0 Å². The van der Waals surface area contributed by atoms with Crippen molar-refractivity contribution < 1.29 is 63.0 Å². The number of primary amides is 1. The van der Waals surface area contributed by atoms with Crippen LogP contribution in [0.4, 0.5) is 10.5 Å². The molecule has 3 unspecified atom stereocenters. The monoisotopic (exact) mass is 990 g/mol. The molecule has 0 spiro atoms. The summed E-state index contributed by atoms with van der Waals surface area (Å²) in [6, 6.07) is 30.4. The van der Waals surface area contributed by atoms with Crippen LogP contribution in [0.2, 0.25) is 0 Å². The molecule has 0 saturated carbocycles. The zero-order chi connectivity index (χ0) is 50.5. The fraction of sp³-hybridized carbons (Fsp3) is 0.283. The Labute approximate surface area is 414 Å². The molecule has 17 heteroatoms. The van der Waals surface area contributed by atoms with Crippen LogP contribution in [0.1, 0.15) is 94.2 Å². The predicted molar refractivity (Wildman–Crippen MR) is 264 cm³/mol.